The number of amidine groups is 1. The minimum atomic E-state index is -1.86. The Balaban J connectivity index is 1.84. The third-order valence-electron chi connectivity index (χ3n) is 5.61. The predicted octanol–water partition coefficient (Wildman–Crippen LogP) is 3.07. The highest BCUT2D eigenvalue weighted by Gasteiger charge is 2.64. The minimum absolute atomic E-state index is 0.267. The normalized spacial score (nSPS) is 24.3. The van der Waals surface area contributed by atoms with Gasteiger partial charge in [0.25, 0.3) is 5.72 Å². The summed E-state index contributed by atoms with van der Waals surface area (Å²) in [6, 6.07) is 16.8. The first kappa shape index (κ1) is 21.9. The van der Waals surface area contributed by atoms with Crippen molar-refractivity contribution in [3.05, 3.63) is 60.2 Å². The molecular weight excluding hydrogens is 430 g/mol. The molecule has 2 aliphatic rings. The third-order valence-corrected chi connectivity index (χ3v) is 6.18. The highest BCUT2D eigenvalue weighted by Crippen LogP contribution is 2.44. The SMILES string of the molecule is COC(=O)CC1(C(=O)OC)OC(C)(C2=NCc3ccccc3N2)C(=S)N1c1ccccc1. The van der Waals surface area contributed by atoms with Crippen LogP contribution in [-0.4, -0.2) is 48.3 Å². The van der Waals surface area contributed by atoms with E-state index in [4.69, 9.17) is 26.4 Å². The van der Waals surface area contributed by atoms with Crippen LogP contribution in [0.15, 0.2) is 59.6 Å². The number of para-hydroxylation sites is 2. The summed E-state index contributed by atoms with van der Waals surface area (Å²) in [5.74, 6) is -0.973. The molecule has 4 rings (SSSR count). The zero-order chi connectivity index (χ0) is 22.9. The van der Waals surface area contributed by atoms with E-state index in [2.05, 4.69) is 10.3 Å². The van der Waals surface area contributed by atoms with Crippen molar-refractivity contribution in [3.8, 4) is 0 Å². The summed E-state index contributed by atoms with van der Waals surface area (Å²) in [5, 5.41) is 3.29. The van der Waals surface area contributed by atoms with Crippen LogP contribution in [0, 0.1) is 0 Å². The number of esters is 2. The van der Waals surface area contributed by atoms with Gasteiger partial charge in [-0.15, -0.1) is 0 Å². The van der Waals surface area contributed by atoms with Crippen LogP contribution in [0.2, 0.25) is 0 Å². The van der Waals surface area contributed by atoms with E-state index in [1.165, 1.54) is 19.1 Å². The van der Waals surface area contributed by atoms with Crippen LogP contribution in [0.1, 0.15) is 18.9 Å². The number of carbonyl (C=O) groups is 2. The van der Waals surface area contributed by atoms with Gasteiger partial charge >= 0.3 is 11.9 Å². The molecule has 0 aromatic heterocycles. The summed E-state index contributed by atoms with van der Waals surface area (Å²) >= 11 is 5.86. The van der Waals surface area contributed by atoms with Crippen molar-refractivity contribution in [3.63, 3.8) is 0 Å². The van der Waals surface area contributed by atoms with E-state index >= 15 is 0 Å². The fourth-order valence-electron chi connectivity index (χ4n) is 3.99. The number of nitrogens with zero attached hydrogens (tertiary/aromatic N) is 2. The molecule has 0 bridgehead atoms. The highest BCUT2D eigenvalue weighted by molar-refractivity contribution is 7.81. The predicted molar refractivity (Wildman–Crippen MR) is 124 cm³/mol. The van der Waals surface area contributed by atoms with Crippen molar-refractivity contribution in [2.45, 2.75) is 31.2 Å². The molecule has 32 heavy (non-hydrogen) atoms. The van der Waals surface area contributed by atoms with Gasteiger partial charge in [0.05, 0.1) is 20.8 Å². The fraction of sp³-hybridized carbons (Fsp3) is 0.304. The second-order valence-electron chi connectivity index (χ2n) is 7.59. The third kappa shape index (κ3) is 3.43. The number of aliphatic imine (C=N–C) groups is 1. The summed E-state index contributed by atoms with van der Waals surface area (Å²) in [6.07, 6.45) is -0.426. The molecule has 166 valence electrons. The first-order valence-electron chi connectivity index (χ1n) is 10.0. The number of ether oxygens (including phenoxy) is 3. The van der Waals surface area contributed by atoms with Gasteiger partial charge in [0, 0.05) is 11.4 Å². The van der Waals surface area contributed by atoms with Crippen LogP contribution < -0.4 is 10.2 Å². The van der Waals surface area contributed by atoms with Gasteiger partial charge in [-0.3, -0.25) is 14.7 Å². The standard InChI is InChI=1S/C23H23N3O5S/c1-22(19-24-14-15-9-7-8-12-17(15)25-19)20(32)26(16-10-5-4-6-11-16)23(31-22,21(28)30-3)13-18(27)29-2/h4-12H,13-14H2,1-3H3,(H,24,25). The topological polar surface area (TPSA) is 89.5 Å². The summed E-state index contributed by atoms with van der Waals surface area (Å²) in [5.41, 5.74) is -0.707. The van der Waals surface area contributed by atoms with Crippen LogP contribution in [-0.2, 0) is 30.3 Å². The van der Waals surface area contributed by atoms with Crippen LogP contribution >= 0.6 is 12.2 Å². The molecule has 2 aromatic carbocycles. The van der Waals surface area contributed by atoms with Gasteiger partial charge in [-0.1, -0.05) is 48.6 Å². The number of hydrogen-bond acceptors (Lipinski definition) is 8. The van der Waals surface area contributed by atoms with Gasteiger partial charge in [0.1, 0.15) is 17.2 Å². The quantitative estimate of drug-likeness (QED) is 0.546. The Morgan fingerprint density at radius 3 is 2.50 bits per heavy atom. The first-order chi connectivity index (χ1) is 15.4. The number of hydrogen-bond donors (Lipinski definition) is 1. The summed E-state index contributed by atoms with van der Waals surface area (Å²) < 4.78 is 16.4. The van der Waals surface area contributed by atoms with E-state index in [0.29, 0.717) is 18.1 Å². The second-order valence-corrected chi connectivity index (χ2v) is 7.97. The summed E-state index contributed by atoms with van der Waals surface area (Å²) in [4.78, 5) is 32.0. The molecule has 1 saturated heterocycles. The smallest absolute Gasteiger partial charge is 0.360 e. The van der Waals surface area contributed by atoms with Crippen molar-refractivity contribution in [1.82, 2.24) is 0 Å². The monoisotopic (exact) mass is 453 g/mol. The Morgan fingerprint density at radius 1 is 1.12 bits per heavy atom. The zero-order valence-electron chi connectivity index (χ0n) is 18.0. The van der Waals surface area contributed by atoms with Gasteiger partial charge in [0.15, 0.2) is 5.60 Å². The van der Waals surface area contributed by atoms with Gasteiger partial charge in [-0.2, -0.15) is 0 Å². The first-order valence-corrected chi connectivity index (χ1v) is 10.4. The van der Waals surface area contributed by atoms with E-state index < -0.39 is 29.7 Å². The van der Waals surface area contributed by atoms with Gasteiger partial charge in [-0.05, 0) is 30.7 Å². The molecule has 2 atom stereocenters. The highest BCUT2D eigenvalue weighted by atomic mass is 32.1. The van der Waals surface area contributed by atoms with E-state index in [1.807, 2.05) is 30.3 Å². The Labute approximate surface area is 191 Å². The molecule has 0 amide bonds. The number of thiocarbonyl (C=S) groups is 1. The number of nitrogens with one attached hydrogen (secondary N) is 1. The molecule has 2 aromatic rings. The lowest BCUT2D eigenvalue weighted by Crippen LogP contribution is -2.55. The molecule has 1 fully saturated rings. The molecule has 0 spiro atoms. The number of anilines is 2. The Kier molecular flexibility index (Phi) is 5.70. The van der Waals surface area contributed by atoms with Gasteiger partial charge in [0.2, 0.25) is 0 Å². The Hall–Kier alpha value is -3.30. The molecular formula is C23H23N3O5S. The molecule has 9 heteroatoms. The molecule has 0 saturated carbocycles. The molecule has 2 heterocycles. The number of carbonyl (C=O) groups excluding carboxylic acids is 2. The molecule has 2 unspecified atom stereocenters. The number of rotatable bonds is 5. The largest absolute Gasteiger partial charge is 0.469 e. The molecule has 0 radical (unpaired) electrons. The number of benzene rings is 2. The Bertz CT molecular complexity index is 1110. The van der Waals surface area contributed by atoms with Gasteiger partial charge < -0.3 is 19.5 Å². The van der Waals surface area contributed by atoms with E-state index in [9.17, 15) is 9.59 Å². The minimum Gasteiger partial charge on any atom is -0.469 e. The average Bonchev–Trinajstić information content (AvgIpc) is 3.06. The van der Waals surface area contributed by atoms with E-state index in [1.54, 1.807) is 31.2 Å². The van der Waals surface area contributed by atoms with Crippen LogP contribution in [0.3, 0.4) is 0 Å². The zero-order valence-corrected chi connectivity index (χ0v) is 18.8. The van der Waals surface area contributed by atoms with Crippen molar-refractivity contribution in [2.24, 2.45) is 4.99 Å². The fourth-order valence-corrected chi connectivity index (χ4v) is 4.38. The lowest BCUT2D eigenvalue weighted by Gasteiger charge is -2.34. The number of fused-ring (bicyclic) bond motifs is 1. The number of methoxy groups -OCH3 is 2. The van der Waals surface area contributed by atoms with Crippen molar-refractivity contribution in [2.75, 3.05) is 24.4 Å². The van der Waals surface area contributed by atoms with Crippen molar-refractivity contribution in [1.29, 1.82) is 0 Å². The Morgan fingerprint density at radius 2 is 1.81 bits per heavy atom. The van der Waals surface area contributed by atoms with Crippen LogP contribution in [0.4, 0.5) is 11.4 Å². The maximum absolute atomic E-state index is 13.2. The van der Waals surface area contributed by atoms with Crippen LogP contribution in [0.5, 0.6) is 0 Å². The average molecular weight is 454 g/mol. The van der Waals surface area contributed by atoms with Gasteiger partial charge in [-0.25, -0.2) is 4.79 Å². The molecule has 2 aliphatic heterocycles. The van der Waals surface area contributed by atoms with Crippen molar-refractivity contribution >= 4 is 46.4 Å². The maximum atomic E-state index is 13.2. The summed E-state index contributed by atoms with van der Waals surface area (Å²) in [6.45, 7) is 2.15. The molecule has 8 nitrogen and oxygen atoms in total. The van der Waals surface area contributed by atoms with Crippen LogP contribution in [0.25, 0.3) is 0 Å². The van der Waals surface area contributed by atoms with E-state index in [0.717, 1.165) is 11.3 Å². The molecule has 0 aliphatic carbocycles. The summed E-state index contributed by atoms with van der Waals surface area (Å²) in [7, 11) is 2.48. The van der Waals surface area contributed by atoms with Crippen molar-refractivity contribution < 1.29 is 23.8 Å². The maximum Gasteiger partial charge on any atom is 0.360 e. The van der Waals surface area contributed by atoms with E-state index in [-0.39, 0.29) is 4.99 Å². The lowest BCUT2D eigenvalue weighted by atomic mass is 10.0. The lowest BCUT2D eigenvalue weighted by molar-refractivity contribution is -0.176. The molecule has 1 N–H and O–H groups in total. The second kappa shape index (κ2) is 8.33.